The van der Waals surface area contributed by atoms with E-state index < -0.39 is 0 Å². The number of hydrogen-bond acceptors (Lipinski definition) is 3. The van der Waals surface area contributed by atoms with E-state index in [1.165, 1.54) is 18.5 Å². The Balaban J connectivity index is 1.61. The van der Waals surface area contributed by atoms with Crippen LogP contribution in [0.25, 0.3) is 0 Å². The van der Waals surface area contributed by atoms with Gasteiger partial charge in [-0.25, -0.2) is 0 Å². The zero-order valence-electron chi connectivity index (χ0n) is 13.1. The van der Waals surface area contributed by atoms with E-state index in [9.17, 15) is 0 Å². The molecule has 2 atom stereocenters. The predicted molar refractivity (Wildman–Crippen MR) is 81.6 cm³/mol. The van der Waals surface area contributed by atoms with Gasteiger partial charge in [0.05, 0.1) is 5.69 Å². The SMILES string of the molecule is CCC(C)n1ccc(CN2CCNC(C)(C3CC3)C2)n1. The van der Waals surface area contributed by atoms with Crippen LogP contribution in [0.1, 0.15) is 51.8 Å². The third-order valence-electron chi connectivity index (χ3n) is 5.08. The van der Waals surface area contributed by atoms with E-state index >= 15 is 0 Å². The van der Waals surface area contributed by atoms with Gasteiger partial charge in [-0.15, -0.1) is 0 Å². The molecule has 2 heterocycles. The topological polar surface area (TPSA) is 33.1 Å². The van der Waals surface area contributed by atoms with Gasteiger partial charge >= 0.3 is 0 Å². The summed E-state index contributed by atoms with van der Waals surface area (Å²) >= 11 is 0. The van der Waals surface area contributed by atoms with Crippen LogP contribution in [-0.2, 0) is 6.54 Å². The molecule has 20 heavy (non-hydrogen) atoms. The monoisotopic (exact) mass is 276 g/mol. The van der Waals surface area contributed by atoms with Crippen molar-refractivity contribution in [2.45, 2.75) is 58.2 Å². The number of piperazine rings is 1. The molecule has 1 aliphatic carbocycles. The molecule has 1 aromatic heterocycles. The summed E-state index contributed by atoms with van der Waals surface area (Å²) in [6.07, 6.45) is 6.07. The summed E-state index contributed by atoms with van der Waals surface area (Å²) in [6.45, 7) is 11.2. The molecule has 112 valence electrons. The highest BCUT2D eigenvalue weighted by atomic mass is 15.3. The van der Waals surface area contributed by atoms with Crippen LogP contribution in [0.3, 0.4) is 0 Å². The minimum atomic E-state index is 0.331. The van der Waals surface area contributed by atoms with Crippen LogP contribution < -0.4 is 5.32 Å². The molecule has 1 N–H and O–H groups in total. The molecule has 2 fully saturated rings. The predicted octanol–water partition coefficient (Wildman–Crippen LogP) is 2.43. The Morgan fingerprint density at radius 3 is 3.00 bits per heavy atom. The van der Waals surface area contributed by atoms with Gasteiger partial charge in [0.1, 0.15) is 0 Å². The highest BCUT2D eigenvalue weighted by Gasteiger charge is 2.43. The van der Waals surface area contributed by atoms with Gasteiger partial charge in [0.2, 0.25) is 0 Å². The molecule has 1 saturated carbocycles. The lowest BCUT2D eigenvalue weighted by molar-refractivity contribution is 0.120. The van der Waals surface area contributed by atoms with Crippen LogP contribution in [0.2, 0.25) is 0 Å². The Morgan fingerprint density at radius 1 is 1.50 bits per heavy atom. The lowest BCUT2D eigenvalue weighted by Crippen LogP contribution is -2.59. The lowest BCUT2D eigenvalue weighted by Gasteiger charge is -2.41. The Bertz CT molecular complexity index is 451. The second kappa shape index (κ2) is 5.49. The number of rotatable bonds is 5. The van der Waals surface area contributed by atoms with Crippen LogP contribution in [0.15, 0.2) is 12.3 Å². The molecule has 2 aliphatic rings. The van der Waals surface area contributed by atoms with Crippen molar-refractivity contribution in [2.24, 2.45) is 5.92 Å². The van der Waals surface area contributed by atoms with Gasteiger partial charge in [0, 0.05) is 44.0 Å². The molecular formula is C16H28N4. The fourth-order valence-electron chi connectivity index (χ4n) is 3.35. The average Bonchev–Trinajstić information content (AvgIpc) is 3.20. The lowest BCUT2D eigenvalue weighted by atomic mass is 9.93. The molecule has 0 amide bonds. The Hall–Kier alpha value is -0.870. The van der Waals surface area contributed by atoms with E-state index in [0.29, 0.717) is 11.6 Å². The molecule has 0 aromatic carbocycles. The molecule has 0 spiro atoms. The fraction of sp³-hybridized carbons (Fsp3) is 0.812. The van der Waals surface area contributed by atoms with Crippen molar-refractivity contribution >= 4 is 0 Å². The zero-order valence-corrected chi connectivity index (χ0v) is 13.1. The summed E-state index contributed by atoms with van der Waals surface area (Å²) in [6, 6.07) is 2.69. The van der Waals surface area contributed by atoms with Crippen molar-refractivity contribution in [1.82, 2.24) is 20.0 Å². The number of nitrogens with zero attached hydrogens (tertiary/aromatic N) is 3. The fourth-order valence-corrected chi connectivity index (χ4v) is 3.35. The van der Waals surface area contributed by atoms with Crippen molar-refractivity contribution in [3.8, 4) is 0 Å². The highest BCUT2D eigenvalue weighted by molar-refractivity contribution is 5.05. The number of hydrogen-bond donors (Lipinski definition) is 1. The molecule has 0 radical (unpaired) electrons. The minimum Gasteiger partial charge on any atom is -0.309 e. The van der Waals surface area contributed by atoms with Gasteiger partial charge in [-0.3, -0.25) is 9.58 Å². The van der Waals surface area contributed by atoms with Gasteiger partial charge in [0.25, 0.3) is 0 Å². The van der Waals surface area contributed by atoms with E-state index in [1.807, 2.05) is 0 Å². The Kier molecular flexibility index (Phi) is 3.87. The van der Waals surface area contributed by atoms with E-state index in [2.05, 4.69) is 47.9 Å². The van der Waals surface area contributed by atoms with E-state index in [4.69, 9.17) is 5.10 Å². The second-order valence-corrected chi connectivity index (χ2v) is 6.87. The summed E-state index contributed by atoms with van der Waals surface area (Å²) in [5, 5.41) is 8.48. The van der Waals surface area contributed by atoms with Gasteiger partial charge < -0.3 is 5.32 Å². The van der Waals surface area contributed by atoms with E-state index in [0.717, 1.165) is 38.5 Å². The van der Waals surface area contributed by atoms with Crippen LogP contribution >= 0.6 is 0 Å². The quantitative estimate of drug-likeness (QED) is 0.896. The normalized spacial score (nSPS) is 29.6. The maximum Gasteiger partial charge on any atom is 0.0764 e. The first-order chi connectivity index (χ1) is 9.60. The van der Waals surface area contributed by atoms with Crippen LogP contribution in [-0.4, -0.2) is 39.9 Å². The maximum absolute atomic E-state index is 4.74. The first-order valence-corrected chi connectivity index (χ1v) is 8.12. The van der Waals surface area contributed by atoms with Crippen LogP contribution in [0, 0.1) is 5.92 Å². The number of aromatic nitrogens is 2. The van der Waals surface area contributed by atoms with Gasteiger partial charge in [-0.1, -0.05) is 6.92 Å². The van der Waals surface area contributed by atoms with Crippen molar-refractivity contribution in [2.75, 3.05) is 19.6 Å². The maximum atomic E-state index is 4.74. The van der Waals surface area contributed by atoms with Gasteiger partial charge in [-0.2, -0.15) is 5.10 Å². The van der Waals surface area contributed by atoms with Gasteiger partial charge in [0.15, 0.2) is 0 Å². The van der Waals surface area contributed by atoms with Crippen LogP contribution in [0.5, 0.6) is 0 Å². The van der Waals surface area contributed by atoms with E-state index in [-0.39, 0.29) is 0 Å². The molecule has 1 aromatic rings. The van der Waals surface area contributed by atoms with Crippen LogP contribution in [0.4, 0.5) is 0 Å². The summed E-state index contributed by atoms with van der Waals surface area (Å²) in [4.78, 5) is 2.57. The number of nitrogens with one attached hydrogen (secondary N) is 1. The highest BCUT2D eigenvalue weighted by Crippen LogP contribution is 2.40. The molecular weight excluding hydrogens is 248 g/mol. The molecule has 1 aliphatic heterocycles. The second-order valence-electron chi connectivity index (χ2n) is 6.87. The van der Waals surface area contributed by atoms with Crippen molar-refractivity contribution in [1.29, 1.82) is 0 Å². The summed E-state index contributed by atoms with van der Waals surface area (Å²) in [5.74, 6) is 0.892. The Labute approximate surface area is 122 Å². The molecule has 4 heteroatoms. The molecule has 3 rings (SSSR count). The Morgan fingerprint density at radius 2 is 2.30 bits per heavy atom. The first-order valence-electron chi connectivity index (χ1n) is 8.12. The third kappa shape index (κ3) is 2.91. The molecule has 2 unspecified atom stereocenters. The standard InChI is InChI=1S/C16H28N4/c1-4-13(2)20-9-7-15(18-20)11-19-10-8-17-16(3,12-19)14-5-6-14/h7,9,13-14,17H,4-6,8,10-12H2,1-3H3. The van der Waals surface area contributed by atoms with Crippen molar-refractivity contribution < 1.29 is 0 Å². The van der Waals surface area contributed by atoms with Gasteiger partial charge in [-0.05, 0) is 45.1 Å². The minimum absolute atomic E-state index is 0.331. The summed E-state index contributed by atoms with van der Waals surface area (Å²) in [5.41, 5.74) is 1.54. The third-order valence-corrected chi connectivity index (χ3v) is 5.08. The smallest absolute Gasteiger partial charge is 0.0764 e. The van der Waals surface area contributed by atoms with E-state index in [1.54, 1.807) is 0 Å². The van der Waals surface area contributed by atoms with Crippen molar-refractivity contribution in [3.05, 3.63) is 18.0 Å². The molecule has 1 saturated heterocycles. The largest absolute Gasteiger partial charge is 0.309 e. The summed E-state index contributed by atoms with van der Waals surface area (Å²) in [7, 11) is 0. The van der Waals surface area contributed by atoms with Crippen molar-refractivity contribution in [3.63, 3.8) is 0 Å². The first kappa shape index (κ1) is 14.1. The zero-order chi connectivity index (χ0) is 14.2. The molecule has 0 bridgehead atoms. The summed E-state index contributed by atoms with van der Waals surface area (Å²) < 4.78 is 2.11. The molecule has 4 nitrogen and oxygen atoms in total. The average molecular weight is 276 g/mol.